The highest BCUT2D eigenvalue weighted by Gasteiger charge is 2.28. The van der Waals surface area contributed by atoms with Gasteiger partial charge in [0.15, 0.2) is 0 Å². The van der Waals surface area contributed by atoms with E-state index in [-0.39, 0.29) is 22.0 Å². The zero-order valence-corrected chi connectivity index (χ0v) is 20.1. The Morgan fingerprint density at radius 2 is 1.76 bits per heavy atom. The molecule has 2 aromatic rings. The summed E-state index contributed by atoms with van der Waals surface area (Å²) in [5.74, 6) is -1.03. The molecule has 0 saturated carbocycles. The van der Waals surface area contributed by atoms with Crippen molar-refractivity contribution in [1.29, 1.82) is 0 Å². The highest BCUT2D eigenvalue weighted by Crippen LogP contribution is 2.25. The van der Waals surface area contributed by atoms with E-state index in [4.69, 9.17) is 5.11 Å². The first-order valence-corrected chi connectivity index (χ1v) is 13.4. The second-order valence-electron chi connectivity index (χ2n) is 7.58. The molecular weight excluding hydrogens is 480 g/mol. The van der Waals surface area contributed by atoms with Crippen LogP contribution in [0.3, 0.4) is 0 Å². The Morgan fingerprint density at radius 3 is 2.44 bits per heavy atom. The van der Waals surface area contributed by atoms with Crippen LogP contribution in [-0.4, -0.2) is 53.8 Å². The molecule has 0 fully saturated rings. The number of carboxylic acid groups (broad SMARTS) is 1. The molecular formula is C22H26N4O6S2. The van der Waals surface area contributed by atoms with Crippen molar-refractivity contribution < 1.29 is 26.7 Å². The molecule has 2 aromatic carbocycles. The summed E-state index contributed by atoms with van der Waals surface area (Å²) in [6.45, 7) is -0.292. The lowest BCUT2D eigenvalue weighted by atomic mass is 9.92. The summed E-state index contributed by atoms with van der Waals surface area (Å²) in [7, 11) is -6.37. The fraction of sp³-hybridized carbons (Fsp3) is 0.273. The number of rotatable bonds is 10. The maximum absolute atomic E-state index is 13.1. The number of allylic oxidation sites excluding steroid dienone is 1. The van der Waals surface area contributed by atoms with Crippen molar-refractivity contribution in [1.82, 2.24) is 10.0 Å². The van der Waals surface area contributed by atoms with E-state index in [1.807, 2.05) is 0 Å². The number of nitrogens with zero attached hydrogens (tertiary/aromatic N) is 1. The van der Waals surface area contributed by atoms with Crippen LogP contribution < -0.4 is 14.8 Å². The lowest BCUT2D eigenvalue weighted by molar-refractivity contribution is -0.135. The number of nitrogens with one attached hydrogen (secondary N) is 3. The van der Waals surface area contributed by atoms with Crippen molar-refractivity contribution in [3.05, 3.63) is 65.9 Å². The van der Waals surface area contributed by atoms with Crippen LogP contribution in [0.25, 0.3) is 0 Å². The van der Waals surface area contributed by atoms with Crippen molar-refractivity contribution in [2.45, 2.75) is 35.1 Å². The fourth-order valence-corrected chi connectivity index (χ4v) is 5.96. The molecule has 12 heteroatoms. The van der Waals surface area contributed by atoms with E-state index in [0.29, 0.717) is 30.5 Å². The van der Waals surface area contributed by atoms with E-state index in [9.17, 15) is 21.6 Å². The molecule has 0 aromatic heterocycles. The van der Waals surface area contributed by atoms with Crippen LogP contribution in [0.4, 0.5) is 5.69 Å². The van der Waals surface area contributed by atoms with Gasteiger partial charge in [0.2, 0.25) is 10.0 Å². The maximum atomic E-state index is 13.1. The Balaban J connectivity index is 1.85. The van der Waals surface area contributed by atoms with Gasteiger partial charge in [-0.1, -0.05) is 24.3 Å². The summed E-state index contributed by atoms with van der Waals surface area (Å²) in [5.41, 5.74) is 1.29. The highest BCUT2D eigenvalue weighted by atomic mass is 32.2. The van der Waals surface area contributed by atoms with Crippen LogP contribution in [-0.2, 0) is 24.8 Å². The fourth-order valence-electron chi connectivity index (χ4n) is 3.59. The normalized spacial score (nSPS) is 17.0. The molecule has 0 heterocycles. The van der Waals surface area contributed by atoms with Gasteiger partial charge in [-0.15, -0.1) is 0 Å². The number of carbonyl (C=O) groups is 1. The lowest BCUT2D eigenvalue weighted by Gasteiger charge is -2.27. The number of hydrogen-bond acceptors (Lipinski definition) is 7. The van der Waals surface area contributed by atoms with Crippen LogP contribution in [0.5, 0.6) is 0 Å². The number of hydrogen-bond donors (Lipinski definition) is 4. The minimum Gasteiger partial charge on any atom is -0.480 e. The second-order valence-corrected chi connectivity index (χ2v) is 11.0. The first-order chi connectivity index (χ1) is 16.1. The van der Waals surface area contributed by atoms with Crippen LogP contribution in [0.1, 0.15) is 19.3 Å². The zero-order chi connectivity index (χ0) is 24.8. The SMILES string of the molecule is CN=CC1=C(NCC(=O)O)CCCC1NS(=O)(=O)c1cccc(NS(=O)(=O)c2ccccc2)c1. The molecule has 0 aliphatic heterocycles. The summed E-state index contributed by atoms with van der Waals surface area (Å²) < 4.78 is 56.5. The third-order valence-electron chi connectivity index (χ3n) is 5.11. The first-order valence-electron chi connectivity index (χ1n) is 10.4. The van der Waals surface area contributed by atoms with E-state index in [1.54, 1.807) is 25.2 Å². The molecule has 1 atom stereocenters. The van der Waals surface area contributed by atoms with E-state index in [2.05, 4.69) is 19.8 Å². The number of carboxylic acids is 1. The molecule has 4 N–H and O–H groups in total. The molecule has 0 saturated heterocycles. The van der Waals surface area contributed by atoms with Crippen molar-refractivity contribution in [2.24, 2.45) is 4.99 Å². The van der Waals surface area contributed by atoms with Crippen LogP contribution >= 0.6 is 0 Å². The van der Waals surface area contributed by atoms with Gasteiger partial charge in [-0.25, -0.2) is 21.6 Å². The van der Waals surface area contributed by atoms with Crippen molar-refractivity contribution >= 4 is 37.9 Å². The monoisotopic (exact) mass is 506 g/mol. The molecule has 34 heavy (non-hydrogen) atoms. The van der Waals surface area contributed by atoms with Gasteiger partial charge < -0.3 is 10.4 Å². The van der Waals surface area contributed by atoms with Crippen molar-refractivity contribution in [2.75, 3.05) is 18.3 Å². The average molecular weight is 507 g/mol. The summed E-state index contributed by atoms with van der Waals surface area (Å²) in [6.07, 6.45) is 3.23. The molecule has 1 aliphatic rings. The summed E-state index contributed by atoms with van der Waals surface area (Å²) in [4.78, 5) is 14.9. The minimum atomic E-state index is -4.03. The van der Waals surface area contributed by atoms with E-state index >= 15 is 0 Å². The van der Waals surface area contributed by atoms with Crippen LogP contribution in [0.2, 0.25) is 0 Å². The molecule has 0 bridgehead atoms. The number of aliphatic carboxylic acids is 1. The summed E-state index contributed by atoms with van der Waals surface area (Å²) >= 11 is 0. The third-order valence-corrected chi connectivity index (χ3v) is 7.98. The Labute approximate surface area is 198 Å². The second kappa shape index (κ2) is 10.8. The van der Waals surface area contributed by atoms with E-state index in [1.165, 1.54) is 42.6 Å². The molecule has 182 valence electrons. The quantitative estimate of drug-likeness (QED) is 0.359. The number of aliphatic imine (C=N–C) groups is 1. The molecule has 10 nitrogen and oxygen atoms in total. The van der Waals surface area contributed by atoms with Crippen molar-refractivity contribution in [3.63, 3.8) is 0 Å². The van der Waals surface area contributed by atoms with Gasteiger partial charge >= 0.3 is 5.97 Å². The Bertz CT molecular complexity index is 1310. The largest absolute Gasteiger partial charge is 0.480 e. The van der Waals surface area contributed by atoms with Gasteiger partial charge in [0, 0.05) is 24.5 Å². The van der Waals surface area contributed by atoms with Gasteiger partial charge in [0.25, 0.3) is 10.0 Å². The Hall–Kier alpha value is -3.22. The summed E-state index contributed by atoms with van der Waals surface area (Å²) in [5, 5.41) is 11.8. The predicted octanol–water partition coefficient (Wildman–Crippen LogP) is 1.95. The first kappa shape index (κ1) is 25.4. The third kappa shape index (κ3) is 6.43. The molecule has 0 amide bonds. The summed E-state index contributed by atoms with van der Waals surface area (Å²) in [6, 6.07) is 12.6. The molecule has 0 radical (unpaired) electrons. The lowest BCUT2D eigenvalue weighted by Crippen LogP contribution is -2.40. The van der Waals surface area contributed by atoms with Gasteiger partial charge in [0.05, 0.1) is 21.5 Å². The molecule has 0 spiro atoms. The van der Waals surface area contributed by atoms with Crippen LogP contribution in [0.15, 0.2) is 80.7 Å². The van der Waals surface area contributed by atoms with Gasteiger partial charge in [0.1, 0.15) is 6.54 Å². The number of sulfonamides is 2. The van der Waals surface area contributed by atoms with Gasteiger partial charge in [-0.05, 0) is 49.6 Å². The van der Waals surface area contributed by atoms with Crippen molar-refractivity contribution in [3.8, 4) is 0 Å². The minimum absolute atomic E-state index is 0.0543. The van der Waals surface area contributed by atoms with Gasteiger partial charge in [-0.3, -0.25) is 14.5 Å². The van der Waals surface area contributed by atoms with E-state index < -0.39 is 32.1 Å². The van der Waals surface area contributed by atoms with Gasteiger partial charge in [-0.2, -0.15) is 0 Å². The molecule has 1 unspecified atom stereocenters. The Morgan fingerprint density at radius 1 is 1.06 bits per heavy atom. The highest BCUT2D eigenvalue weighted by molar-refractivity contribution is 7.92. The molecule has 3 rings (SSSR count). The maximum Gasteiger partial charge on any atom is 0.322 e. The topological polar surface area (TPSA) is 154 Å². The number of benzene rings is 2. The number of anilines is 1. The smallest absolute Gasteiger partial charge is 0.322 e. The van der Waals surface area contributed by atoms with E-state index in [0.717, 1.165) is 0 Å². The Kier molecular flexibility index (Phi) is 8.07. The average Bonchev–Trinajstić information content (AvgIpc) is 2.79. The van der Waals surface area contributed by atoms with Crippen LogP contribution in [0, 0.1) is 0 Å². The standard InChI is InChI=1S/C22H26N4O6S2/c1-23-14-19-20(24-15-22(27)28)11-6-12-21(19)26-34(31,32)18-10-5-7-16(13-18)25-33(29,30)17-8-3-2-4-9-17/h2-5,7-10,13-14,21,24-26H,6,11-12,15H2,1H3,(H,27,28). The molecule has 1 aliphatic carbocycles. The predicted molar refractivity (Wildman–Crippen MR) is 129 cm³/mol. The zero-order valence-electron chi connectivity index (χ0n) is 18.4.